The second-order valence-corrected chi connectivity index (χ2v) is 5.82. The summed E-state index contributed by atoms with van der Waals surface area (Å²) < 4.78 is 26.3. The van der Waals surface area contributed by atoms with Crippen LogP contribution < -0.4 is 0 Å². The molecule has 7 heteroatoms. The van der Waals surface area contributed by atoms with Crippen LogP contribution in [-0.2, 0) is 9.59 Å². The van der Waals surface area contributed by atoms with Gasteiger partial charge in [0, 0.05) is 17.5 Å². The highest BCUT2D eigenvalue weighted by Gasteiger charge is 2.31. The minimum absolute atomic E-state index is 0.0632. The van der Waals surface area contributed by atoms with Gasteiger partial charge in [0.15, 0.2) is 0 Å². The van der Waals surface area contributed by atoms with Gasteiger partial charge in [-0.1, -0.05) is 0 Å². The van der Waals surface area contributed by atoms with Gasteiger partial charge in [-0.25, -0.2) is 13.6 Å². The van der Waals surface area contributed by atoms with Crippen LogP contribution in [0.2, 0.25) is 0 Å². The fourth-order valence-electron chi connectivity index (χ4n) is 2.30. The van der Waals surface area contributed by atoms with Crippen LogP contribution in [0, 0.1) is 11.6 Å². The van der Waals surface area contributed by atoms with Gasteiger partial charge in [-0.2, -0.15) is 0 Å². The molecule has 1 heterocycles. The molecule has 114 valence electrons. The van der Waals surface area contributed by atoms with E-state index in [0.717, 1.165) is 36.7 Å². The number of carbonyl (C=O) groups is 2. The van der Waals surface area contributed by atoms with Gasteiger partial charge in [-0.15, -0.1) is 11.8 Å². The van der Waals surface area contributed by atoms with Crippen molar-refractivity contribution in [2.45, 2.75) is 30.2 Å². The van der Waals surface area contributed by atoms with Crippen LogP contribution >= 0.6 is 11.8 Å². The second kappa shape index (κ2) is 6.89. The standard InChI is InChI=1S/C14H15F2NO3S/c15-9-4-5-12(10(16)7-9)21-8-13(18)17-6-2-1-3-11(17)14(19)20/h4-5,7,11H,1-3,6,8H2,(H,19,20)/t11-/m0/s1. The van der Waals surface area contributed by atoms with Gasteiger partial charge in [0.2, 0.25) is 5.91 Å². The first-order valence-electron chi connectivity index (χ1n) is 6.59. The van der Waals surface area contributed by atoms with Crippen molar-refractivity contribution in [2.75, 3.05) is 12.3 Å². The summed E-state index contributed by atoms with van der Waals surface area (Å²) in [6.45, 7) is 0.405. The van der Waals surface area contributed by atoms with Crippen molar-refractivity contribution >= 4 is 23.6 Å². The fourth-order valence-corrected chi connectivity index (χ4v) is 3.11. The van der Waals surface area contributed by atoms with E-state index >= 15 is 0 Å². The minimum Gasteiger partial charge on any atom is -0.480 e. The van der Waals surface area contributed by atoms with E-state index in [4.69, 9.17) is 5.11 Å². The Morgan fingerprint density at radius 1 is 1.33 bits per heavy atom. The zero-order valence-corrected chi connectivity index (χ0v) is 12.0. The molecular formula is C14H15F2NO3S. The Bertz CT molecular complexity index is 553. The molecule has 0 aliphatic carbocycles. The number of aliphatic carboxylic acids is 1. The monoisotopic (exact) mass is 315 g/mol. The van der Waals surface area contributed by atoms with Crippen LogP contribution in [0.5, 0.6) is 0 Å². The molecule has 1 aliphatic heterocycles. The summed E-state index contributed by atoms with van der Waals surface area (Å²) >= 11 is 0.945. The lowest BCUT2D eigenvalue weighted by Crippen LogP contribution is -2.48. The number of amides is 1. The third-order valence-electron chi connectivity index (χ3n) is 3.35. The fraction of sp³-hybridized carbons (Fsp3) is 0.429. The summed E-state index contributed by atoms with van der Waals surface area (Å²) in [5.41, 5.74) is 0. The normalized spacial score (nSPS) is 18.6. The summed E-state index contributed by atoms with van der Waals surface area (Å²) in [6.07, 6.45) is 1.99. The molecule has 0 spiro atoms. The third-order valence-corrected chi connectivity index (χ3v) is 4.39. The van der Waals surface area contributed by atoms with E-state index in [2.05, 4.69) is 0 Å². The summed E-state index contributed by atoms with van der Waals surface area (Å²) in [4.78, 5) is 24.8. The Hall–Kier alpha value is -1.63. The molecule has 4 nitrogen and oxygen atoms in total. The number of hydrogen-bond donors (Lipinski definition) is 1. The molecule has 1 fully saturated rings. The van der Waals surface area contributed by atoms with E-state index in [0.29, 0.717) is 13.0 Å². The molecule has 21 heavy (non-hydrogen) atoms. The number of carboxylic acids is 1. The summed E-state index contributed by atoms with van der Waals surface area (Å²) in [5.74, 6) is -2.81. The molecule has 1 N–H and O–H groups in total. The molecule has 1 aliphatic rings. The average molecular weight is 315 g/mol. The lowest BCUT2D eigenvalue weighted by atomic mass is 10.0. The number of thioether (sulfide) groups is 1. The number of piperidine rings is 1. The lowest BCUT2D eigenvalue weighted by Gasteiger charge is -2.32. The Morgan fingerprint density at radius 3 is 2.76 bits per heavy atom. The SMILES string of the molecule is O=C(O)[C@@H]1CCCCN1C(=O)CSc1ccc(F)cc1F. The van der Waals surface area contributed by atoms with Gasteiger partial charge < -0.3 is 10.0 Å². The molecule has 1 aromatic rings. The molecule has 2 rings (SSSR count). The van der Waals surface area contributed by atoms with Gasteiger partial charge in [0.1, 0.15) is 17.7 Å². The molecule has 1 atom stereocenters. The molecule has 1 aromatic carbocycles. The zero-order valence-electron chi connectivity index (χ0n) is 11.2. The third kappa shape index (κ3) is 3.93. The maximum absolute atomic E-state index is 13.5. The Kier molecular flexibility index (Phi) is 5.17. The van der Waals surface area contributed by atoms with Gasteiger partial charge in [-0.05, 0) is 31.4 Å². The van der Waals surface area contributed by atoms with Crippen molar-refractivity contribution in [1.82, 2.24) is 4.90 Å². The van der Waals surface area contributed by atoms with E-state index in [1.807, 2.05) is 0 Å². The number of benzene rings is 1. The smallest absolute Gasteiger partial charge is 0.326 e. The molecule has 0 radical (unpaired) electrons. The van der Waals surface area contributed by atoms with Crippen molar-refractivity contribution in [3.05, 3.63) is 29.8 Å². The quantitative estimate of drug-likeness (QED) is 0.868. The number of likely N-dealkylation sites (tertiary alicyclic amines) is 1. The second-order valence-electron chi connectivity index (χ2n) is 4.80. The first kappa shape index (κ1) is 15.8. The molecule has 1 amide bonds. The van der Waals surface area contributed by atoms with Crippen molar-refractivity contribution < 1.29 is 23.5 Å². The number of halogens is 2. The highest BCUT2D eigenvalue weighted by molar-refractivity contribution is 8.00. The first-order valence-corrected chi connectivity index (χ1v) is 7.57. The van der Waals surface area contributed by atoms with Crippen molar-refractivity contribution in [3.8, 4) is 0 Å². The molecule has 0 bridgehead atoms. The summed E-state index contributed by atoms with van der Waals surface area (Å²) in [7, 11) is 0. The van der Waals surface area contributed by atoms with Crippen LogP contribution in [0.4, 0.5) is 8.78 Å². The van der Waals surface area contributed by atoms with Crippen molar-refractivity contribution in [3.63, 3.8) is 0 Å². The number of hydrogen-bond acceptors (Lipinski definition) is 3. The van der Waals surface area contributed by atoms with E-state index in [9.17, 15) is 18.4 Å². The van der Waals surface area contributed by atoms with E-state index in [-0.39, 0.29) is 16.6 Å². The average Bonchev–Trinajstić information content (AvgIpc) is 2.46. The number of rotatable bonds is 4. The van der Waals surface area contributed by atoms with Crippen LogP contribution in [0.3, 0.4) is 0 Å². The number of nitrogens with zero attached hydrogens (tertiary/aromatic N) is 1. The number of carboxylic acid groups (broad SMARTS) is 1. The van der Waals surface area contributed by atoms with E-state index < -0.39 is 23.6 Å². The Balaban J connectivity index is 1.98. The van der Waals surface area contributed by atoms with Crippen LogP contribution in [0.15, 0.2) is 23.1 Å². The van der Waals surface area contributed by atoms with Crippen molar-refractivity contribution in [2.24, 2.45) is 0 Å². The van der Waals surface area contributed by atoms with Crippen LogP contribution in [0.25, 0.3) is 0 Å². The van der Waals surface area contributed by atoms with Gasteiger partial charge in [-0.3, -0.25) is 4.79 Å². The zero-order chi connectivity index (χ0) is 15.4. The van der Waals surface area contributed by atoms with Crippen LogP contribution in [-0.4, -0.2) is 40.2 Å². The van der Waals surface area contributed by atoms with Gasteiger partial charge in [0.05, 0.1) is 5.75 Å². The molecule has 0 unspecified atom stereocenters. The highest BCUT2D eigenvalue weighted by Crippen LogP contribution is 2.24. The lowest BCUT2D eigenvalue weighted by molar-refractivity contribution is -0.150. The Labute approximate surface area is 125 Å². The maximum atomic E-state index is 13.5. The Morgan fingerprint density at radius 2 is 2.10 bits per heavy atom. The number of carbonyl (C=O) groups excluding carboxylic acids is 1. The largest absolute Gasteiger partial charge is 0.480 e. The van der Waals surface area contributed by atoms with Crippen LogP contribution in [0.1, 0.15) is 19.3 Å². The minimum atomic E-state index is -1.01. The highest BCUT2D eigenvalue weighted by atomic mass is 32.2. The predicted octanol–water partition coefficient (Wildman–Crippen LogP) is 2.52. The van der Waals surface area contributed by atoms with Gasteiger partial charge >= 0.3 is 5.97 Å². The van der Waals surface area contributed by atoms with Gasteiger partial charge in [0.25, 0.3) is 0 Å². The van der Waals surface area contributed by atoms with E-state index in [1.165, 1.54) is 11.0 Å². The maximum Gasteiger partial charge on any atom is 0.326 e. The summed E-state index contributed by atoms with van der Waals surface area (Å²) in [6, 6.07) is 2.35. The molecular weight excluding hydrogens is 300 g/mol. The molecule has 1 saturated heterocycles. The summed E-state index contributed by atoms with van der Waals surface area (Å²) in [5, 5.41) is 9.12. The predicted molar refractivity (Wildman–Crippen MR) is 74.1 cm³/mol. The van der Waals surface area contributed by atoms with Crippen molar-refractivity contribution in [1.29, 1.82) is 0 Å². The molecule has 0 aromatic heterocycles. The first-order chi connectivity index (χ1) is 9.99. The molecule has 0 saturated carbocycles. The topological polar surface area (TPSA) is 57.6 Å². The van der Waals surface area contributed by atoms with E-state index in [1.54, 1.807) is 0 Å².